The Kier molecular flexibility index (Phi) is 5.33. The molecular weight excluding hydrogens is 399 g/mol. The lowest BCUT2D eigenvalue weighted by molar-refractivity contribution is -0.138. The molecule has 0 aliphatic carbocycles. The minimum Gasteiger partial charge on any atom is -0.333 e. The summed E-state index contributed by atoms with van der Waals surface area (Å²) in [6, 6.07) is 2.22. The predicted molar refractivity (Wildman–Crippen MR) is 74.9 cm³/mol. The third-order valence-corrected chi connectivity index (χ3v) is 5.16. The Morgan fingerprint density at radius 3 is 2.33 bits per heavy atom. The second-order valence-electron chi connectivity index (χ2n) is 4.32. The van der Waals surface area contributed by atoms with Crippen molar-refractivity contribution in [2.24, 2.45) is 0 Å². The van der Waals surface area contributed by atoms with Gasteiger partial charge in [0.15, 0.2) is 0 Å². The monoisotopic (exact) mass is 407 g/mol. The standard InChI is InChI=1S/C11H10BrClF3NO3S/c1-6-3-7(4-8(9(6)12)21(13,19)20)10(18)17(2)5-11(14,15)16/h3-4H,5H2,1-2H3. The third kappa shape index (κ3) is 4.86. The van der Waals surface area contributed by atoms with E-state index in [1.807, 2.05) is 0 Å². The number of rotatable bonds is 3. The molecule has 0 bridgehead atoms. The number of carbonyl (C=O) groups is 1. The molecule has 21 heavy (non-hydrogen) atoms. The molecule has 0 aliphatic heterocycles. The van der Waals surface area contributed by atoms with E-state index in [1.54, 1.807) is 0 Å². The number of halogens is 5. The molecule has 0 radical (unpaired) electrons. The molecular formula is C11H10BrClF3NO3S. The number of benzene rings is 1. The van der Waals surface area contributed by atoms with Crippen LogP contribution < -0.4 is 0 Å². The predicted octanol–water partition coefficient (Wildman–Crippen LogP) is 3.32. The van der Waals surface area contributed by atoms with Gasteiger partial charge < -0.3 is 4.90 Å². The molecule has 0 saturated carbocycles. The maximum Gasteiger partial charge on any atom is 0.406 e. The SMILES string of the molecule is Cc1cc(C(=O)N(C)CC(F)(F)F)cc(S(=O)(=O)Cl)c1Br. The first-order chi connectivity index (χ1) is 9.33. The van der Waals surface area contributed by atoms with Crippen molar-refractivity contribution in [1.29, 1.82) is 0 Å². The molecule has 0 heterocycles. The molecule has 0 saturated heterocycles. The highest BCUT2D eigenvalue weighted by Gasteiger charge is 2.32. The molecule has 0 unspecified atom stereocenters. The average Bonchev–Trinajstić information content (AvgIpc) is 2.27. The summed E-state index contributed by atoms with van der Waals surface area (Å²) in [6.45, 7) is 0.0556. The molecule has 0 spiro atoms. The molecule has 0 aliphatic rings. The van der Waals surface area contributed by atoms with Gasteiger partial charge in [-0.3, -0.25) is 4.79 Å². The van der Waals surface area contributed by atoms with E-state index in [0.29, 0.717) is 10.5 Å². The van der Waals surface area contributed by atoms with E-state index in [0.717, 1.165) is 13.1 Å². The van der Waals surface area contributed by atoms with Crippen LogP contribution >= 0.6 is 26.6 Å². The summed E-state index contributed by atoms with van der Waals surface area (Å²) in [5.74, 6) is -0.954. The van der Waals surface area contributed by atoms with Crippen LogP contribution in [-0.2, 0) is 9.05 Å². The van der Waals surface area contributed by atoms with E-state index in [1.165, 1.54) is 13.0 Å². The molecule has 1 amide bonds. The summed E-state index contributed by atoms with van der Waals surface area (Å²) in [6.07, 6.45) is -4.55. The van der Waals surface area contributed by atoms with Gasteiger partial charge in [-0.25, -0.2) is 8.42 Å². The second kappa shape index (κ2) is 6.13. The number of nitrogens with zero attached hydrogens (tertiary/aromatic N) is 1. The normalized spacial score (nSPS) is 12.3. The van der Waals surface area contributed by atoms with Crippen molar-refractivity contribution in [3.05, 3.63) is 27.7 Å². The van der Waals surface area contributed by atoms with Gasteiger partial charge in [0.2, 0.25) is 0 Å². The number of hydrogen-bond donors (Lipinski definition) is 0. The number of hydrogen-bond acceptors (Lipinski definition) is 3. The van der Waals surface area contributed by atoms with Gasteiger partial charge in [-0.1, -0.05) is 0 Å². The van der Waals surface area contributed by atoms with Gasteiger partial charge in [0.25, 0.3) is 15.0 Å². The van der Waals surface area contributed by atoms with Crippen molar-refractivity contribution >= 4 is 41.6 Å². The van der Waals surface area contributed by atoms with Crippen molar-refractivity contribution < 1.29 is 26.4 Å². The van der Waals surface area contributed by atoms with Gasteiger partial charge in [-0.2, -0.15) is 13.2 Å². The van der Waals surface area contributed by atoms with E-state index in [9.17, 15) is 26.4 Å². The van der Waals surface area contributed by atoms with E-state index < -0.39 is 27.7 Å². The maximum atomic E-state index is 12.3. The first-order valence-corrected chi connectivity index (χ1v) is 8.50. The molecule has 10 heteroatoms. The average molecular weight is 409 g/mol. The zero-order chi connectivity index (χ0) is 16.6. The van der Waals surface area contributed by atoms with Gasteiger partial charge in [0.05, 0.1) is 4.90 Å². The second-order valence-corrected chi connectivity index (χ2v) is 7.65. The summed E-state index contributed by atoms with van der Waals surface area (Å²) < 4.78 is 59.8. The highest BCUT2D eigenvalue weighted by molar-refractivity contribution is 9.10. The van der Waals surface area contributed by atoms with E-state index in [-0.39, 0.29) is 14.9 Å². The molecule has 0 atom stereocenters. The molecule has 118 valence electrons. The number of carbonyl (C=O) groups excluding carboxylic acids is 1. The first-order valence-electron chi connectivity index (χ1n) is 5.40. The van der Waals surface area contributed by atoms with E-state index in [4.69, 9.17) is 10.7 Å². The largest absolute Gasteiger partial charge is 0.406 e. The van der Waals surface area contributed by atoms with E-state index in [2.05, 4.69) is 15.9 Å². The topological polar surface area (TPSA) is 54.5 Å². The zero-order valence-corrected chi connectivity index (χ0v) is 14.0. The Bertz CT molecular complexity index is 676. The molecule has 1 aromatic carbocycles. The fraction of sp³-hybridized carbons (Fsp3) is 0.364. The Hall–Kier alpha value is -0.800. The van der Waals surface area contributed by atoms with Crippen molar-refractivity contribution in [1.82, 2.24) is 4.90 Å². The molecule has 0 fully saturated rings. The number of alkyl halides is 3. The lowest BCUT2D eigenvalue weighted by Gasteiger charge is -2.19. The van der Waals surface area contributed by atoms with Crippen molar-refractivity contribution in [2.75, 3.05) is 13.6 Å². The van der Waals surface area contributed by atoms with Gasteiger partial charge in [-0.05, 0) is 40.5 Å². The molecule has 4 nitrogen and oxygen atoms in total. The summed E-state index contributed by atoms with van der Waals surface area (Å²) in [4.78, 5) is 12.0. The number of aryl methyl sites for hydroxylation is 1. The Balaban J connectivity index is 3.27. The van der Waals surface area contributed by atoms with Crippen LogP contribution in [0.25, 0.3) is 0 Å². The van der Waals surface area contributed by atoms with Crippen LogP contribution in [0.15, 0.2) is 21.5 Å². The lowest BCUT2D eigenvalue weighted by Crippen LogP contribution is -2.35. The maximum absolute atomic E-state index is 12.3. The van der Waals surface area contributed by atoms with Crippen LogP contribution in [0.2, 0.25) is 0 Å². The highest BCUT2D eigenvalue weighted by atomic mass is 79.9. The molecule has 0 aromatic heterocycles. The minimum atomic E-state index is -4.55. The Morgan fingerprint density at radius 2 is 1.90 bits per heavy atom. The quantitative estimate of drug-likeness (QED) is 0.721. The van der Waals surface area contributed by atoms with Crippen LogP contribution in [-0.4, -0.2) is 39.0 Å². The summed E-state index contributed by atoms with van der Waals surface area (Å²) in [5, 5.41) is 0. The minimum absolute atomic E-state index is 0.160. The van der Waals surface area contributed by atoms with Crippen molar-refractivity contribution in [3.63, 3.8) is 0 Å². The Labute approximate surface area is 132 Å². The summed E-state index contributed by atoms with van der Waals surface area (Å²) in [5.41, 5.74) is 0.169. The smallest absolute Gasteiger partial charge is 0.333 e. The summed E-state index contributed by atoms with van der Waals surface area (Å²) >= 11 is 3.02. The van der Waals surface area contributed by atoms with Crippen molar-refractivity contribution in [2.45, 2.75) is 18.0 Å². The van der Waals surface area contributed by atoms with Crippen LogP contribution in [0.1, 0.15) is 15.9 Å². The molecule has 1 rings (SSSR count). The van der Waals surface area contributed by atoms with Gasteiger partial charge in [-0.15, -0.1) is 0 Å². The summed E-state index contributed by atoms with van der Waals surface area (Å²) in [7, 11) is 2.07. The van der Waals surface area contributed by atoms with Crippen LogP contribution in [0.3, 0.4) is 0 Å². The van der Waals surface area contributed by atoms with Crippen molar-refractivity contribution in [3.8, 4) is 0 Å². The first kappa shape index (κ1) is 18.2. The van der Waals surface area contributed by atoms with Gasteiger partial charge in [0, 0.05) is 27.8 Å². The Morgan fingerprint density at radius 1 is 1.38 bits per heavy atom. The number of amides is 1. The fourth-order valence-corrected chi connectivity index (χ4v) is 3.75. The third-order valence-electron chi connectivity index (χ3n) is 2.49. The van der Waals surface area contributed by atoms with E-state index >= 15 is 0 Å². The van der Waals surface area contributed by atoms with Gasteiger partial charge >= 0.3 is 6.18 Å². The van der Waals surface area contributed by atoms with Crippen LogP contribution in [0.4, 0.5) is 13.2 Å². The fourth-order valence-electron chi connectivity index (χ4n) is 1.60. The molecule has 0 N–H and O–H groups in total. The highest BCUT2D eigenvalue weighted by Crippen LogP contribution is 2.30. The lowest BCUT2D eigenvalue weighted by atomic mass is 10.1. The van der Waals surface area contributed by atoms with Crippen LogP contribution in [0.5, 0.6) is 0 Å². The van der Waals surface area contributed by atoms with Gasteiger partial charge in [0.1, 0.15) is 6.54 Å². The van der Waals surface area contributed by atoms with Crippen LogP contribution in [0, 0.1) is 6.92 Å². The molecule has 1 aromatic rings. The zero-order valence-electron chi connectivity index (χ0n) is 10.8.